The fourth-order valence-corrected chi connectivity index (χ4v) is 4.41. The Kier molecular flexibility index (Phi) is 4.84. The number of anilines is 3. The zero-order valence-electron chi connectivity index (χ0n) is 23.4. The molecule has 0 unspecified atom stereocenters. The molecule has 2 aliphatic rings. The van der Waals surface area contributed by atoms with E-state index in [0.717, 1.165) is 18.5 Å². The van der Waals surface area contributed by atoms with Gasteiger partial charge in [-0.3, -0.25) is 4.79 Å². The SMILES string of the molecule is [2H]C([2H])([2H])Nc1ncc(-c2nc3ccc(N4CCO[C@@H](C(C)(C)F)C4)cn3n2)c2cc(NC(=O)C3CC3)nnc12. The number of fused-ring (bicyclic) bond motifs is 2. The summed E-state index contributed by atoms with van der Waals surface area (Å²) in [6, 6.07) is 5.34. The van der Waals surface area contributed by atoms with Crippen molar-refractivity contribution < 1.29 is 18.0 Å². The van der Waals surface area contributed by atoms with E-state index in [1.807, 2.05) is 23.2 Å². The van der Waals surface area contributed by atoms with Crippen molar-refractivity contribution in [2.75, 3.05) is 42.2 Å². The Morgan fingerprint density at radius 2 is 2.16 bits per heavy atom. The quantitative estimate of drug-likeness (QED) is 0.404. The van der Waals surface area contributed by atoms with Crippen molar-refractivity contribution in [1.82, 2.24) is 29.8 Å². The normalized spacial score (nSPS) is 19.9. The number of hydrogen-bond donors (Lipinski definition) is 2. The largest absolute Gasteiger partial charge is 0.371 e. The molecule has 0 radical (unpaired) electrons. The Morgan fingerprint density at radius 3 is 2.95 bits per heavy atom. The Hall–Kier alpha value is -3.93. The molecule has 0 bridgehead atoms. The van der Waals surface area contributed by atoms with Gasteiger partial charge in [-0.2, -0.15) is 0 Å². The molecule has 1 aliphatic heterocycles. The van der Waals surface area contributed by atoms with Crippen LogP contribution in [0.1, 0.15) is 30.8 Å². The van der Waals surface area contributed by atoms with Gasteiger partial charge in [-0.25, -0.2) is 18.9 Å². The molecule has 6 rings (SSSR count). The van der Waals surface area contributed by atoms with Gasteiger partial charge in [-0.1, -0.05) is 0 Å². The second-order valence-electron chi connectivity index (χ2n) is 9.90. The molecule has 1 saturated carbocycles. The number of morpholine rings is 1. The van der Waals surface area contributed by atoms with Crippen LogP contribution in [0.3, 0.4) is 0 Å². The summed E-state index contributed by atoms with van der Waals surface area (Å²) in [4.78, 5) is 23.3. The molecule has 1 aliphatic carbocycles. The van der Waals surface area contributed by atoms with E-state index in [0.29, 0.717) is 42.1 Å². The minimum atomic E-state index is -2.50. The lowest BCUT2D eigenvalue weighted by Gasteiger charge is -2.38. The van der Waals surface area contributed by atoms with E-state index in [2.05, 4.69) is 35.9 Å². The van der Waals surface area contributed by atoms with Gasteiger partial charge in [0.05, 0.1) is 18.5 Å². The van der Waals surface area contributed by atoms with E-state index in [1.165, 1.54) is 20.0 Å². The molecule has 2 N–H and O–H groups in total. The Morgan fingerprint density at radius 1 is 1.30 bits per heavy atom. The van der Waals surface area contributed by atoms with E-state index in [1.54, 1.807) is 10.6 Å². The van der Waals surface area contributed by atoms with Crippen molar-refractivity contribution in [2.45, 2.75) is 38.5 Å². The molecule has 37 heavy (non-hydrogen) atoms. The highest BCUT2D eigenvalue weighted by Crippen LogP contribution is 2.33. The lowest BCUT2D eigenvalue weighted by atomic mass is 10.0. The van der Waals surface area contributed by atoms with Crippen LogP contribution in [0, 0.1) is 5.92 Å². The number of nitrogens with one attached hydrogen (secondary N) is 2. The van der Waals surface area contributed by atoms with E-state index in [-0.39, 0.29) is 29.0 Å². The summed E-state index contributed by atoms with van der Waals surface area (Å²) in [6.45, 7) is 1.94. The summed E-state index contributed by atoms with van der Waals surface area (Å²) in [6.07, 6.45) is 4.40. The van der Waals surface area contributed by atoms with Gasteiger partial charge in [-0.15, -0.1) is 15.3 Å². The molecule has 4 aromatic heterocycles. The van der Waals surface area contributed by atoms with Gasteiger partial charge >= 0.3 is 0 Å². The van der Waals surface area contributed by atoms with Gasteiger partial charge in [-0.05, 0) is 44.9 Å². The van der Waals surface area contributed by atoms with Crippen molar-refractivity contribution in [3.05, 3.63) is 30.6 Å². The zero-order chi connectivity index (χ0) is 28.2. The first-order valence-corrected chi connectivity index (χ1v) is 12.1. The number of halogens is 1. The Labute approximate surface area is 216 Å². The van der Waals surface area contributed by atoms with Crippen molar-refractivity contribution in [3.8, 4) is 11.4 Å². The monoisotopic (exact) mass is 508 g/mol. The summed E-state index contributed by atoms with van der Waals surface area (Å²) in [5, 5.41) is 18.6. The number of rotatable bonds is 6. The van der Waals surface area contributed by atoms with Crippen LogP contribution in [0.5, 0.6) is 0 Å². The van der Waals surface area contributed by atoms with Crippen LogP contribution in [0.2, 0.25) is 0 Å². The molecule has 0 aromatic carbocycles. The van der Waals surface area contributed by atoms with Crippen LogP contribution in [-0.4, -0.2) is 74.1 Å². The number of alkyl halides is 1. The number of nitrogens with zero attached hydrogens (tertiary/aromatic N) is 7. The molecule has 2 fully saturated rings. The average molecular weight is 509 g/mol. The van der Waals surface area contributed by atoms with E-state index in [4.69, 9.17) is 8.85 Å². The second kappa shape index (κ2) is 8.87. The molecule has 192 valence electrons. The summed E-state index contributed by atoms with van der Waals surface area (Å²) < 4.78 is 44.6. The maximum Gasteiger partial charge on any atom is 0.228 e. The first kappa shape index (κ1) is 20.2. The van der Waals surface area contributed by atoms with Crippen LogP contribution < -0.4 is 15.5 Å². The van der Waals surface area contributed by atoms with Crippen LogP contribution in [0.15, 0.2) is 30.6 Å². The van der Waals surface area contributed by atoms with E-state index < -0.39 is 18.7 Å². The molecule has 5 heterocycles. The summed E-state index contributed by atoms with van der Waals surface area (Å²) >= 11 is 0. The number of amides is 1. The maximum absolute atomic E-state index is 14.5. The van der Waals surface area contributed by atoms with Crippen LogP contribution in [-0.2, 0) is 9.53 Å². The molecule has 1 amide bonds. The van der Waals surface area contributed by atoms with Gasteiger partial charge in [0.25, 0.3) is 0 Å². The Bertz CT molecular complexity index is 1600. The predicted octanol–water partition coefficient (Wildman–Crippen LogP) is 3.08. The van der Waals surface area contributed by atoms with Crippen molar-refractivity contribution in [2.24, 2.45) is 5.92 Å². The van der Waals surface area contributed by atoms with Gasteiger partial charge in [0.15, 0.2) is 23.1 Å². The minimum absolute atomic E-state index is 0.0232. The number of hydrogen-bond acceptors (Lipinski definition) is 9. The third-order valence-corrected chi connectivity index (χ3v) is 6.70. The molecule has 0 spiro atoms. The fourth-order valence-electron chi connectivity index (χ4n) is 4.41. The third kappa shape index (κ3) is 4.52. The first-order chi connectivity index (χ1) is 18.9. The van der Waals surface area contributed by atoms with Crippen LogP contribution >= 0.6 is 0 Å². The standard InChI is InChI=1S/C25H28FN9O2/c1-25(2,26)18-13-34(8-9-37-18)15-6-7-20-30-22(33-35(20)12-15)17-11-28-23(27-3)21-16(17)10-19(31-32-21)29-24(36)14-4-5-14/h6-7,10-12,14,18H,4-5,8-9,13H2,1-3H3,(H,27,28)(H,29,31,36)/t18-/m1/s1/i3D3. The topological polar surface area (TPSA) is 122 Å². The first-order valence-electron chi connectivity index (χ1n) is 13.6. The zero-order valence-corrected chi connectivity index (χ0v) is 20.4. The van der Waals surface area contributed by atoms with Gasteiger partial charge < -0.3 is 20.3 Å². The highest BCUT2D eigenvalue weighted by molar-refractivity contribution is 6.01. The number of carbonyl (C=O) groups is 1. The maximum atomic E-state index is 14.5. The van der Waals surface area contributed by atoms with Crippen molar-refractivity contribution >= 4 is 39.8 Å². The van der Waals surface area contributed by atoms with E-state index in [9.17, 15) is 9.18 Å². The van der Waals surface area contributed by atoms with Gasteiger partial charge in [0.1, 0.15) is 17.3 Å². The van der Waals surface area contributed by atoms with Crippen molar-refractivity contribution in [1.29, 1.82) is 0 Å². The molecular formula is C25H28FN9O2. The van der Waals surface area contributed by atoms with E-state index >= 15 is 0 Å². The highest BCUT2D eigenvalue weighted by Gasteiger charge is 2.34. The molecule has 12 heteroatoms. The Balaban J connectivity index is 1.38. The lowest BCUT2D eigenvalue weighted by Crippen LogP contribution is -2.50. The summed E-state index contributed by atoms with van der Waals surface area (Å²) in [5.41, 5.74) is 0.622. The number of aromatic nitrogens is 6. The summed E-state index contributed by atoms with van der Waals surface area (Å²) in [5.74, 6) is 0.418. The molecule has 4 aromatic rings. The minimum Gasteiger partial charge on any atom is -0.371 e. The average Bonchev–Trinajstić information content (AvgIpc) is 3.66. The molecule has 1 atom stereocenters. The van der Waals surface area contributed by atoms with Gasteiger partial charge in [0, 0.05) is 47.2 Å². The predicted molar refractivity (Wildman–Crippen MR) is 137 cm³/mol. The number of pyridine rings is 2. The molecular weight excluding hydrogens is 477 g/mol. The highest BCUT2D eigenvalue weighted by atomic mass is 19.1. The number of ether oxygens (including phenoxy) is 1. The number of carbonyl (C=O) groups excluding carboxylic acids is 1. The summed E-state index contributed by atoms with van der Waals surface area (Å²) in [7, 11) is 0. The van der Waals surface area contributed by atoms with Crippen LogP contribution in [0.4, 0.5) is 21.7 Å². The van der Waals surface area contributed by atoms with Gasteiger partial charge in [0.2, 0.25) is 5.91 Å². The third-order valence-electron chi connectivity index (χ3n) is 6.70. The fraction of sp³-hybridized carbons (Fsp3) is 0.440. The smallest absolute Gasteiger partial charge is 0.228 e. The molecule has 1 saturated heterocycles. The molecule has 11 nitrogen and oxygen atoms in total. The van der Waals surface area contributed by atoms with Crippen molar-refractivity contribution in [3.63, 3.8) is 0 Å². The van der Waals surface area contributed by atoms with Crippen LogP contribution in [0.25, 0.3) is 27.9 Å². The second-order valence-corrected chi connectivity index (χ2v) is 9.90. The lowest BCUT2D eigenvalue weighted by molar-refractivity contribution is -0.117.